The van der Waals surface area contributed by atoms with E-state index in [1.54, 1.807) is 4.90 Å². The average molecular weight is 368 g/mol. The van der Waals surface area contributed by atoms with E-state index in [0.717, 1.165) is 0 Å². The molecule has 0 unspecified atom stereocenters. The van der Waals surface area contributed by atoms with Crippen LogP contribution in [0.1, 0.15) is 48.5 Å². The number of amides is 2. The number of piperidine rings is 1. The molecule has 1 saturated heterocycles. The molecule has 0 aromatic carbocycles. The van der Waals surface area contributed by atoms with Crippen LogP contribution in [0, 0.1) is 22.7 Å². The first-order valence-electron chi connectivity index (χ1n) is 9.05. The Bertz CT molecular complexity index is 614. The summed E-state index contributed by atoms with van der Waals surface area (Å²) in [7, 11) is 1.32. The van der Waals surface area contributed by atoms with Gasteiger partial charge in [-0.15, -0.1) is 0 Å². The first-order valence-corrected chi connectivity index (χ1v) is 9.05. The molecule has 2 fully saturated rings. The smallest absolute Gasteiger partial charge is 0.328 e. The van der Waals surface area contributed by atoms with Crippen molar-refractivity contribution in [2.75, 3.05) is 13.7 Å². The van der Waals surface area contributed by atoms with Crippen molar-refractivity contribution >= 4 is 17.8 Å². The summed E-state index contributed by atoms with van der Waals surface area (Å²) >= 11 is 0. The maximum absolute atomic E-state index is 13.3. The third kappa shape index (κ3) is 3.46. The van der Waals surface area contributed by atoms with Gasteiger partial charge in [0.25, 0.3) is 5.91 Å². The van der Waals surface area contributed by atoms with E-state index in [2.05, 4.69) is 19.2 Å². The van der Waals surface area contributed by atoms with Crippen LogP contribution < -0.4 is 5.32 Å². The standard InChI is InChI=1S/C19H32N2O5/c1-17(2,3)13(20-16(24)19(6,7)25)14(22)21-9-10-11(18(10,4)5)12(21)15(23)26-8/h10-13,25H,9H2,1-8H3,(H,20,24)/t10-,11-,12-,13+/m0/s1. The lowest BCUT2D eigenvalue weighted by molar-refractivity contribution is -0.155. The quantitative estimate of drug-likeness (QED) is 0.720. The van der Waals surface area contributed by atoms with Crippen LogP contribution in [-0.4, -0.2) is 59.1 Å². The number of carbonyl (C=O) groups is 3. The second-order valence-electron chi connectivity index (χ2n) is 9.74. The molecule has 7 heteroatoms. The molecule has 1 aliphatic carbocycles. The normalized spacial score (nSPS) is 28.2. The van der Waals surface area contributed by atoms with Crippen molar-refractivity contribution in [3.8, 4) is 0 Å². The number of aliphatic hydroxyl groups is 1. The molecule has 2 rings (SSSR count). The van der Waals surface area contributed by atoms with Gasteiger partial charge in [0.15, 0.2) is 0 Å². The van der Waals surface area contributed by atoms with Crippen LogP contribution in [0.2, 0.25) is 0 Å². The molecule has 2 amide bonds. The van der Waals surface area contributed by atoms with Gasteiger partial charge >= 0.3 is 5.97 Å². The zero-order chi connectivity index (χ0) is 20.2. The van der Waals surface area contributed by atoms with Crippen molar-refractivity contribution in [3.63, 3.8) is 0 Å². The molecule has 0 spiro atoms. The largest absolute Gasteiger partial charge is 0.467 e. The highest BCUT2D eigenvalue weighted by Crippen LogP contribution is 2.65. The fraction of sp³-hybridized carbons (Fsp3) is 0.842. The second kappa shape index (κ2) is 6.22. The van der Waals surface area contributed by atoms with E-state index in [4.69, 9.17) is 4.74 Å². The molecule has 26 heavy (non-hydrogen) atoms. The minimum atomic E-state index is -1.60. The van der Waals surface area contributed by atoms with Crippen molar-refractivity contribution in [2.45, 2.75) is 66.2 Å². The second-order valence-corrected chi connectivity index (χ2v) is 9.74. The predicted octanol–water partition coefficient (Wildman–Crippen LogP) is 0.944. The van der Waals surface area contributed by atoms with Gasteiger partial charge in [0, 0.05) is 12.5 Å². The Labute approximate surface area is 155 Å². The molecule has 0 aromatic rings. The molecule has 2 N–H and O–H groups in total. The maximum atomic E-state index is 13.3. The molecule has 1 aliphatic heterocycles. The number of likely N-dealkylation sites (tertiary alicyclic amines) is 1. The predicted molar refractivity (Wildman–Crippen MR) is 96.0 cm³/mol. The monoisotopic (exact) mass is 368 g/mol. The Hall–Kier alpha value is -1.63. The Morgan fingerprint density at radius 2 is 1.73 bits per heavy atom. The summed E-state index contributed by atoms with van der Waals surface area (Å²) in [4.78, 5) is 39.5. The summed E-state index contributed by atoms with van der Waals surface area (Å²) in [6, 6.07) is -1.48. The zero-order valence-electron chi connectivity index (χ0n) is 17.0. The molecule has 0 aromatic heterocycles. The highest BCUT2D eigenvalue weighted by molar-refractivity contribution is 5.94. The number of nitrogens with zero attached hydrogens (tertiary/aromatic N) is 1. The van der Waals surface area contributed by atoms with Gasteiger partial charge in [0.05, 0.1) is 7.11 Å². The third-order valence-corrected chi connectivity index (χ3v) is 5.88. The van der Waals surface area contributed by atoms with E-state index in [1.807, 2.05) is 20.8 Å². The molecule has 148 valence electrons. The molecule has 4 atom stereocenters. The minimum Gasteiger partial charge on any atom is -0.467 e. The van der Waals surface area contributed by atoms with Gasteiger partial charge in [-0.3, -0.25) is 9.59 Å². The number of esters is 1. The van der Waals surface area contributed by atoms with Crippen LogP contribution in [0.3, 0.4) is 0 Å². The summed E-state index contributed by atoms with van der Waals surface area (Å²) in [6.45, 7) is 12.9. The van der Waals surface area contributed by atoms with Gasteiger partial charge in [0.2, 0.25) is 5.91 Å². The first kappa shape index (κ1) is 20.7. The van der Waals surface area contributed by atoms with Gasteiger partial charge in [-0.1, -0.05) is 34.6 Å². The Kier molecular flexibility index (Phi) is 4.95. The van der Waals surface area contributed by atoms with Crippen LogP contribution in [0.25, 0.3) is 0 Å². The number of methoxy groups -OCH3 is 1. The molecular formula is C19H32N2O5. The molecule has 7 nitrogen and oxygen atoms in total. The van der Waals surface area contributed by atoms with Crippen LogP contribution in [0.5, 0.6) is 0 Å². The number of ether oxygens (including phenoxy) is 1. The Morgan fingerprint density at radius 1 is 1.19 bits per heavy atom. The van der Waals surface area contributed by atoms with Crippen molar-refractivity contribution in [2.24, 2.45) is 22.7 Å². The summed E-state index contributed by atoms with van der Waals surface area (Å²) in [6.07, 6.45) is 0. The van der Waals surface area contributed by atoms with E-state index >= 15 is 0 Å². The SMILES string of the molecule is COC(=O)[C@@H]1[C@@H]2[C@H](CN1C(=O)[C@@H](NC(=O)C(C)(C)O)C(C)(C)C)C2(C)C. The summed E-state index contributed by atoms with van der Waals surface area (Å²) in [5.74, 6) is -1.03. The minimum absolute atomic E-state index is 0.00318. The first-order chi connectivity index (χ1) is 11.6. The van der Waals surface area contributed by atoms with Crippen molar-refractivity contribution in [3.05, 3.63) is 0 Å². The highest BCUT2D eigenvalue weighted by atomic mass is 16.5. The van der Waals surface area contributed by atoms with E-state index in [0.29, 0.717) is 6.54 Å². The molecule has 0 radical (unpaired) electrons. The lowest BCUT2D eigenvalue weighted by Crippen LogP contribution is -2.60. The lowest BCUT2D eigenvalue weighted by atomic mass is 9.84. The lowest BCUT2D eigenvalue weighted by Gasteiger charge is -2.38. The molecule has 1 heterocycles. The van der Waals surface area contributed by atoms with Crippen LogP contribution in [0.15, 0.2) is 0 Å². The van der Waals surface area contributed by atoms with E-state index in [1.165, 1.54) is 21.0 Å². The molecule has 2 aliphatic rings. The van der Waals surface area contributed by atoms with Crippen molar-refractivity contribution in [1.29, 1.82) is 0 Å². The third-order valence-electron chi connectivity index (χ3n) is 5.88. The molecule has 1 saturated carbocycles. The van der Waals surface area contributed by atoms with Gasteiger partial charge in [-0.25, -0.2) is 4.79 Å². The molecular weight excluding hydrogens is 336 g/mol. The zero-order valence-corrected chi connectivity index (χ0v) is 17.0. The Morgan fingerprint density at radius 3 is 2.15 bits per heavy atom. The van der Waals surface area contributed by atoms with Gasteiger partial charge in [0.1, 0.15) is 17.7 Å². The number of hydrogen-bond donors (Lipinski definition) is 2. The van der Waals surface area contributed by atoms with Gasteiger partial charge in [-0.05, 0) is 30.6 Å². The average Bonchev–Trinajstić information content (AvgIpc) is 2.85. The maximum Gasteiger partial charge on any atom is 0.328 e. The van der Waals surface area contributed by atoms with Crippen LogP contribution in [0.4, 0.5) is 0 Å². The van der Waals surface area contributed by atoms with Gasteiger partial charge < -0.3 is 20.1 Å². The highest BCUT2D eigenvalue weighted by Gasteiger charge is 2.70. The van der Waals surface area contributed by atoms with Crippen molar-refractivity contribution < 1.29 is 24.2 Å². The van der Waals surface area contributed by atoms with Crippen LogP contribution in [-0.2, 0) is 19.1 Å². The summed E-state index contributed by atoms with van der Waals surface area (Å²) in [5, 5.41) is 12.6. The van der Waals surface area contributed by atoms with E-state index in [-0.39, 0.29) is 23.2 Å². The number of rotatable bonds is 4. The summed E-state index contributed by atoms with van der Waals surface area (Å²) in [5.41, 5.74) is -2.18. The van der Waals surface area contributed by atoms with E-state index in [9.17, 15) is 19.5 Å². The van der Waals surface area contributed by atoms with Crippen molar-refractivity contribution in [1.82, 2.24) is 10.2 Å². The van der Waals surface area contributed by atoms with Gasteiger partial charge in [-0.2, -0.15) is 0 Å². The number of fused-ring (bicyclic) bond motifs is 1. The molecule has 0 bridgehead atoms. The topological polar surface area (TPSA) is 95.9 Å². The number of nitrogens with one attached hydrogen (secondary N) is 1. The fourth-order valence-corrected chi connectivity index (χ4v) is 4.03. The van der Waals surface area contributed by atoms with E-state index < -0.39 is 35.0 Å². The fourth-order valence-electron chi connectivity index (χ4n) is 4.03. The summed E-state index contributed by atoms with van der Waals surface area (Å²) < 4.78 is 4.95. The van der Waals surface area contributed by atoms with Crippen LogP contribution >= 0.6 is 0 Å². The Balaban J connectivity index is 2.28. The number of carbonyl (C=O) groups excluding carboxylic acids is 3. The number of hydrogen-bond acceptors (Lipinski definition) is 5.